The minimum atomic E-state index is -4.80. The predicted molar refractivity (Wildman–Crippen MR) is 115 cm³/mol. The van der Waals surface area contributed by atoms with E-state index in [1.807, 2.05) is 0 Å². The number of ketones is 1. The Morgan fingerprint density at radius 1 is 0.733 bits per heavy atom. The van der Waals surface area contributed by atoms with E-state index >= 15 is 0 Å². The van der Waals surface area contributed by atoms with Crippen molar-refractivity contribution in [2.45, 2.75) is 32.0 Å². The minimum absolute atomic E-state index is 0.114. The summed E-state index contributed by atoms with van der Waals surface area (Å²) in [5.41, 5.74) is -1.01. The first-order valence-corrected chi connectivity index (χ1v) is 13.3. The molecule has 0 radical (unpaired) electrons. The third-order valence-corrected chi connectivity index (χ3v) is 5.15. The lowest BCUT2D eigenvalue weighted by Crippen LogP contribution is -2.30. The van der Waals surface area contributed by atoms with Gasteiger partial charge >= 0.3 is 12.4 Å². The highest BCUT2D eigenvalue weighted by atomic mass is 79.9. The summed E-state index contributed by atoms with van der Waals surface area (Å²) in [6, 6.07) is 11.0. The molecule has 2 nitrogen and oxygen atoms in total. The first-order chi connectivity index (χ1) is 13.5. The smallest absolute Gasteiger partial charge is 0.317 e. The first kappa shape index (κ1) is 26.6. The van der Waals surface area contributed by atoms with E-state index < -0.39 is 32.1 Å². The van der Waals surface area contributed by atoms with Crippen LogP contribution in [0.2, 0.25) is 19.6 Å². The summed E-state index contributed by atoms with van der Waals surface area (Å²) in [4.78, 5) is 10.6. The van der Waals surface area contributed by atoms with Crippen LogP contribution in [0.1, 0.15) is 15.9 Å². The van der Waals surface area contributed by atoms with Crippen molar-refractivity contribution in [2.75, 3.05) is 0 Å². The van der Waals surface area contributed by atoms with Gasteiger partial charge in [0, 0.05) is 20.1 Å². The summed E-state index contributed by atoms with van der Waals surface area (Å²) in [7, 11) is -2.17. The lowest BCUT2D eigenvalue weighted by Gasteiger charge is -2.17. The second-order valence-electron chi connectivity index (χ2n) is 6.97. The quantitative estimate of drug-likeness (QED) is 0.158. The van der Waals surface area contributed by atoms with Crippen LogP contribution < -0.4 is 0 Å². The van der Waals surface area contributed by atoms with E-state index in [1.54, 1.807) is 31.8 Å². The number of benzene rings is 2. The van der Waals surface area contributed by atoms with E-state index in [9.17, 15) is 31.1 Å². The lowest BCUT2D eigenvalue weighted by atomic mass is 10.1. The molecule has 11 heteroatoms. The van der Waals surface area contributed by atoms with Crippen LogP contribution in [0.3, 0.4) is 0 Å². The van der Waals surface area contributed by atoms with Crippen LogP contribution in [-0.2, 0) is 0 Å². The lowest BCUT2D eigenvalue weighted by molar-refractivity contribution is -0.0885. The molecule has 0 saturated heterocycles. The average molecular weight is 577 g/mol. The van der Waals surface area contributed by atoms with Gasteiger partial charge in [-0.15, -0.1) is 0 Å². The first-order valence-electron chi connectivity index (χ1n) is 8.31. The van der Waals surface area contributed by atoms with Gasteiger partial charge in [0.25, 0.3) is 5.78 Å². The van der Waals surface area contributed by atoms with E-state index in [2.05, 4.69) is 36.5 Å². The maximum absolute atomic E-state index is 12.9. The second-order valence-corrected chi connectivity index (χ2v) is 13.4. The molecule has 2 rings (SSSR count). The highest BCUT2D eigenvalue weighted by molar-refractivity contribution is 9.10. The van der Waals surface area contributed by atoms with E-state index in [4.69, 9.17) is 0 Å². The number of alkyl halides is 6. The predicted octanol–water partition coefficient (Wildman–Crippen LogP) is 7.83. The van der Waals surface area contributed by atoms with Crippen LogP contribution >= 0.6 is 31.9 Å². The largest absolute Gasteiger partial charge is 0.454 e. The Hall–Kier alpha value is -1.46. The molecule has 0 atom stereocenters. The number of Topliss-reactive ketones (excluding diaryl/α,β-unsaturated/α-hetero) is 1. The Labute approximate surface area is 187 Å². The molecule has 0 saturated carbocycles. The van der Waals surface area contributed by atoms with Gasteiger partial charge in [0.15, 0.2) is 8.24 Å². The van der Waals surface area contributed by atoms with Gasteiger partial charge in [-0.1, -0.05) is 44.0 Å². The third-order valence-electron chi connectivity index (χ3n) is 3.20. The molecular formula is C19H17Br2F6NOSi. The van der Waals surface area contributed by atoms with E-state index in [1.165, 1.54) is 24.3 Å². The molecule has 2 aromatic carbocycles. The van der Waals surface area contributed by atoms with Gasteiger partial charge in [-0.2, -0.15) is 26.3 Å². The van der Waals surface area contributed by atoms with Crippen molar-refractivity contribution >= 4 is 51.6 Å². The zero-order valence-corrected chi connectivity index (χ0v) is 20.2. The van der Waals surface area contributed by atoms with Crippen molar-refractivity contribution in [2.24, 2.45) is 4.66 Å². The fraction of sp³-hybridized carbons (Fsp3) is 0.263. The molecule has 0 unspecified atom stereocenters. The van der Waals surface area contributed by atoms with Gasteiger partial charge in [0.1, 0.15) is 5.71 Å². The molecule has 0 N–H and O–H groups in total. The van der Waals surface area contributed by atoms with Crippen LogP contribution in [0.5, 0.6) is 0 Å². The van der Waals surface area contributed by atoms with Crippen LogP contribution in [0, 0.1) is 0 Å². The summed E-state index contributed by atoms with van der Waals surface area (Å²) in [6.07, 6.45) is -9.21. The van der Waals surface area contributed by atoms with E-state index in [0.29, 0.717) is 4.47 Å². The summed E-state index contributed by atoms with van der Waals surface area (Å²) >= 11 is 6.25. The Balaban J connectivity index is 0.000000311. The van der Waals surface area contributed by atoms with Gasteiger partial charge in [-0.3, -0.25) is 4.79 Å². The number of carbonyl (C=O) groups is 1. The number of carbonyl (C=O) groups excluding carboxylic acids is 1. The molecule has 0 fully saturated rings. The standard InChI is InChI=1S/C11H13BrF3NSi.C8H4BrF3O/c1-17(2,3)16-10(11(13,14)15)8-4-6-9(12)7-5-8;9-6-3-1-5(2-4-6)7(13)8(10,11)12/h4-7H,1-3H3;1-4H. The molecular weight excluding hydrogens is 560 g/mol. The van der Waals surface area contributed by atoms with Gasteiger partial charge in [-0.05, 0) is 56.0 Å². The van der Waals surface area contributed by atoms with Gasteiger partial charge in [-0.25, -0.2) is 0 Å². The number of hydrogen-bond acceptors (Lipinski definition) is 2. The Kier molecular flexibility index (Phi) is 9.06. The number of rotatable bonds is 3. The van der Waals surface area contributed by atoms with Crippen molar-refractivity contribution < 1.29 is 31.1 Å². The molecule has 30 heavy (non-hydrogen) atoms. The van der Waals surface area contributed by atoms with Crippen LogP contribution in [0.25, 0.3) is 0 Å². The van der Waals surface area contributed by atoms with Crippen molar-refractivity contribution in [1.82, 2.24) is 0 Å². The van der Waals surface area contributed by atoms with Crippen molar-refractivity contribution in [1.29, 1.82) is 0 Å². The van der Waals surface area contributed by atoms with Crippen molar-refractivity contribution in [3.63, 3.8) is 0 Å². The van der Waals surface area contributed by atoms with Gasteiger partial charge in [0.05, 0.1) is 0 Å². The zero-order chi connectivity index (χ0) is 23.3. The van der Waals surface area contributed by atoms with Crippen molar-refractivity contribution in [3.8, 4) is 0 Å². The fourth-order valence-electron chi connectivity index (χ4n) is 2.00. The normalized spacial score (nSPS) is 12.8. The number of halogens is 8. The van der Waals surface area contributed by atoms with E-state index in [0.717, 1.165) is 16.6 Å². The average Bonchev–Trinajstić information content (AvgIpc) is 2.59. The Bertz CT molecular complexity index is 886. The third kappa shape index (κ3) is 9.13. The van der Waals surface area contributed by atoms with Gasteiger partial charge < -0.3 is 4.66 Å². The molecule has 0 heterocycles. The van der Waals surface area contributed by atoms with E-state index in [-0.39, 0.29) is 11.1 Å². The highest BCUT2D eigenvalue weighted by Gasteiger charge is 2.39. The number of hydrogen-bond donors (Lipinski definition) is 0. The molecule has 0 aliphatic rings. The Morgan fingerprint density at radius 3 is 1.40 bits per heavy atom. The van der Waals surface area contributed by atoms with Crippen LogP contribution in [0.4, 0.5) is 26.3 Å². The molecule has 2 aromatic rings. The highest BCUT2D eigenvalue weighted by Crippen LogP contribution is 2.25. The molecule has 0 spiro atoms. The van der Waals surface area contributed by atoms with Crippen molar-refractivity contribution in [3.05, 3.63) is 68.6 Å². The van der Waals surface area contributed by atoms with Crippen LogP contribution in [0.15, 0.2) is 62.1 Å². The minimum Gasteiger partial charge on any atom is -0.317 e. The zero-order valence-electron chi connectivity index (χ0n) is 16.0. The summed E-state index contributed by atoms with van der Waals surface area (Å²) < 4.78 is 79.6. The molecule has 0 bridgehead atoms. The molecule has 0 aliphatic carbocycles. The van der Waals surface area contributed by atoms with Gasteiger partial charge in [0.2, 0.25) is 0 Å². The molecule has 0 aliphatic heterocycles. The molecule has 164 valence electrons. The van der Waals surface area contributed by atoms with Crippen LogP contribution in [-0.4, -0.2) is 32.1 Å². The SMILES string of the molecule is C[Si](C)(C)N=C(c1ccc(Br)cc1)C(F)(F)F.O=C(c1ccc(Br)cc1)C(F)(F)F. The number of nitrogens with zero attached hydrogens (tertiary/aromatic N) is 1. The summed E-state index contributed by atoms with van der Waals surface area (Å²) in [5.74, 6) is -1.82. The topological polar surface area (TPSA) is 29.4 Å². The fourth-order valence-corrected chi connectivity index (χ4v) is 3.46. The maximum atomic E-state index is 12.9. The maximum Gasteiger partial charge on any atom is 0.454 e. The molecule has 0 amide bonds. The Morgan fingerprint density at radius 2 is 1.10 bits per heavy atom. The summed E-state index contributed by atoms with van der Waals surface area (Å²) in [6.45, 7) is 5.33. The second kappa shape index (κ2) is 10.2. The monoisotopic (exact) mass is 575 g/mol. The summed E-state index contributed by atoms with van der Waals surface area (Å²) in [5, 5.41) is 0. The molecule has 0 aromatic heterocycles.